The van der Waals surface area contributed by atoms with E-state index in [1.807, 2.05) is 30.3 Å². The molecule has 0 atom stereocenters. The number of aromatic nitrogens is 2. The number of halogens is 1. The fourth-order valence-electron chi connectivity index (χ4n) is 2.21. The molecule has 1 aromatic heterocycles. The average Bonchev–Trinajstić information content (AvgIpc) is 2.96. The fraction of sp³-hybridized carbons (Fsp3) is 0.286. The fourth-order valence-corrected chi connectivity index (χ4v) is 2.60. The highest BCUT2D eigenvalue weighted by Gasteiger charge is 2.14. The molecule has 1 aliphatic rings. The molecular weight excluding hydrogens is 304 g/mol. The molecular formula is C14H15BrN4. The summed E-state index contributed by atoms with van der Waals surface area (Å²) in [6.07, 6.45) is 4.30. The molecule has 2 heterocycles. The summed E-state index contributed by atoms with van der Waals surface area (Å²) in [6, 6.07) is 9.92. The average molecular weight is 319 g/mol. The predicted molar refractivity (Wildman–Crippen MR) is 80.9 cm³/mol. The number of para-hydroxylation sites is 1. The molecule has 1 N–H and O–H groups in total. The van der Waals surface area contributed by atoms with Crippen LogP contribution < -0.4 is 10.2 Å². The van der Waals surface area contributed by atoms with Gasteiger partial charge in [-0.1, -0.05) is 12.1 Å². The maximum atomic E-state index is 4.57. The molecule has 0 amide bonds. The molecule has 0 aliphatic carbocycles. The quantitative estimate of drug-likeness (QED) is 0.939. The first-order valence-electron chi connectivity index (χ1n) is 6.42. The first-order valence-corrected chi connectivity index (χ1v) is 7.22. The second-order valence-corrected chi connectivity index (χ2v) is 5.39. The van der Waals surface area contributed by atoms with E-state index in [2.05, 4.69) is 36.1 Å². The molecule has 2 aromatic rings. The minimum absolute atomic E-state index is 0.635. The molecule has 5 heteroatoms. The predicted octanol–water partition coefficient (Wildman–Crippen LogP) is 3.58. The Balaban J connectivity index is 1.81. The molecule has 4 nitrogen and oxygen atoms in total. The normalized spacial score (nSPS) is 14.7. The number of rotatable bonds is 3. The summed E-state index contributed by atoms with van der Waals surface area (Å²) in [5.41, 5.74) is 0.973. The zero-order valence-corrected chi connectivity index (χ0v) is 12.1. The van der Waals surface area contributed by atoms with Crippen LogP contribution in [0, 0.1) is 0 Å². The SMILES string of the molecule is Brc1ccccc1Nc1nccc(N2CCCC2)n1. The van der Waals surface area contributed by atoms with Crippen LogP contribution >= 0.6 is 15.9 Å². The third-order valence-electron chi connectivity index (χ3n) is 3.19. The summed E-state index contributed by atoms with van der Waals surface area (Å²) in [7, 11) is 0. The molecule has 19 heavy (non-hydrogen) atoms. The van der Waals surface area contributed by atoms with Crippen molar-refractivity contribution in [1.29, 1.82) is 0 Å². The Morgan fingerprint density at radius 1 is 1.11 bits per heavy atom. The second kappa shape index (κ2) is 5.57. The van der Waals surface area contributed by atoms with E-state index in [0.717, 1.165) is 29.1 Å². The lowest BCUT2D eigenvalue weighted by Crippen LogP contribution is -2.19. The molecule has 1 saturated heterocycles. The summed E-state index contributed by atoms with van der Waals surface area (Å²) in [4.78, 5) is 11.1. The van der Waals surface area contributed by atoms with E-state index in [-0.39, 0.29) is 0 Å². The van der Waals surface area contributed by atoms with Crippen LogP contribution in [-0.4, -0.2) is 23.1 Å². The molecule has 1 aliphatic heterocycles. The lowest BCUT2D eigenvalue weighted by molar-refractivity contribution is 0.930. The smallest absolute Gasteiger partial charge is 0.229 e. The van der Waals surface area contributed by atoms with E-state index in [0.29, 0.717) is 5.95 Å². The Hall–Kier alpha value is -1.62. The Morgan fingerprint density at radius 3 is 2.68 bits per heavy atom. The van der Waals surface area contributed by atoms with Crippen LogP contribution in [0.2, 0.25) is 0 Å². The van der Waals surface area contributed by atoms with Crippen LogP contribution in [0.25, 0.3) is 0 Å². The van der Waals surface area contributed by atoms with Crippen LogP contribution in [0.1, 0.15) is 12.8 Å². The standard InChI is InChI=1S/C14H15BrN4/c15-11-5-1-2-6-12(11)17-14-16-8-7-13(18-14)19-9-3-4-10-19/h1-2,5-8H,3-4,9-10H2,(H,16,17,18). The summed E-state index contributed by atoms with van der Waals surface area (Å²) >= 11 is 3.51. The van der Waals surface area contributed by atoms with Crippen LogP contribution in [0.5, 0.6) is 0 Å². The van der Waals surface area contributed by atoms with E-state index in [1.165, 1.54) is 12.8 Å². The van der Waals surface area contributed by atoms with Gasteiger partial charge in [-0.05, 0) is 47.0 Å². The van der Waals surface area contributed by atoms with Gasteiger partial charge >= 0.3 is 0 Å². The maximum Gasteiger partial charge on any atom is 0.229 e. The molecule has 0 spiro atoms. The minimum Gasteiger partial charge on any atom is -0.356 e. The van der Waals surface area contributed by atoms with Crippen LogP contribution in [0.15, 0.2) is 41.0 Å². The van der Waals surface area contributed by atoms with Crippen molar-refractivity contribution in [3.8, 4) is 0 Å². The minimum atomic E-state index is 0.635. The summed E-state index contributed by atoms with van der Waals surface area (Å²) in [5, 5.41) is 3.24. The highest BCUT2D eigenvalue weighted by molar-refractivity contribution is 9.10. The molecule has 1 aromatic carbocycles. The van der Waals surface area contributed by atoms with Gasteiger partial charge in [-0.3, -0.25) is 0 Å². The number of nitrogens with one attached hydrogen (secondary N) is 1. The Kier molecular flexibility index (Phi) is 3.64. The van der Waals surface area contributed by atoms with Gasteiger partial charge in [-0.25, -0.2) is 4.98 Å². The van der Waals surface area contributed by atoms with Crippen molar-refractivity contribution in [2.45, 2.75) is 12.8 Å². The summed E-state index contributed by atoms with van der Waals surface area (Å²) in [6.45, 7) is 2.18. The van der Waals surface area contributed by atoms with Crippen molar-refractivity contribution < 1.29 is 0 Å². The molecule has 0 bridgehead atoms. The molecule has 0 radical (unpaired) electrons. The van der Waals surface area contributed by atoms with E-state index >= 15 is 0 Å². The zero-order chi connectivity index (χ0) is 13.1. The summed E-state index contributed by atoms with van der Waals surface area (Å²) < 4.78 is 1.00. The highest BCUT2D eigenvalue weighted by Crippen LogP contribution is 2.25. The molecule has 98 valence electrons. The van der Waals surface area contributed by atoms with E-state index in [9.17, 15) is 0 Å². The van der Waals surface area contributed by atoms with Crippen LogP contribution in [0.3, 0.4) is 0 Å². The number of hydrogen-bond acceptors (Lipinski definition) is 4. The number of nitrogens with zero attached hydrogens (tertiary/aromatic N) is 3. The largest absolute Gasteiger partial charge is 0.356 e. The van der Waals surface area contributed by atoms with Gasteiger partial charge in [0.15, 0.2) is 0 Å². The second-order valence-electron chi connectivity index (χ2n) is 4.54. The van der Waals surface area contributed by atoms with Gasteiger partial charge in [0.1, 0.15) is 5.82 Å². The van der Waals surface area contributed by atoms with Crippen molar-refractivity contribution in [3.05, 3.63) is 41.0 Å². The topological polar surface area (TPSA) is 41.1 Å². The van der Waals surface area contributed by atoms with Gasteiger partial charge in [0.25, 0.3) is 0 Å². The van der Waals surface area contributed by atoms with Gasteiger partial charge in [0.05, 0.1) is 5.69 Å². The van der Waals surface area contributed by atoms with Gasteiger partial charge in [0, 0.05) is 23.8 Å². The summed E-state index contributed by atoms with van der Waals surface area (Å²) in [5.74, 6) is 1.64. The van der Waals surface area contributed by atoms with Gasteiger partial charge in [-0.2, -0.15) is 4.98 Å². The molecule has 3 rings (SSSR count). The number of anilines is 3. The first-order chi connectivity index (χ1) is 9.33. The van der Waals surface area contributed by atoms with Gasteiger partial charge < -0.3 is 10.2 Å². The number of benzene rings is 1. The number of hydrogen-bond donors (Lipinski definition) is 1. The van der Waals surface area contributed by atoms with Crippen molar-refractivity contribution in [2.75, 3.05) is 23.3 Å². The lowest BCUT2D eigenvalue weighted by Gasteiger charge is -2.16. The Morgan fingerprint density at radius 2 is 1.89 bits per heavy atom. The Labute approximate surface area is 121 Å². The van der Waals surface area contributed by atoms with Crippen molar-refractivity contribution >= 4 is 33.4 Å². The van der Waals surface area contributed by atoms with Gasteiger partial charge in [0.2, 0.25) is 5.95 Å². The molecule has 0 saturated carbocycles. The van der Waals surface area contributed by atoms with Crippen molar-refractivity contribution in [1.82, 2.24) is 9.97 Å². The molecule has 1 fully saturated rings. The van der Waals surface area contributed by atoms with E-state index in [4.69, 9.17) is 0 Å². The van der Waals surface area contributed by atoms with Gasteiger partial charge in [-0.15, -0.1) is 0 Å². The maximum absolute atomic E-state index is 4.57. The first kappa shape index (κ1) is 12.4. The lowest BCUT2D eigenvalue weighted by atomic mass is 10.3. The third kappa shape index (κ3) is 2.87. The van der Waals surface area contributed by atoms with Crippen molar-refractivity contribution in [2.24, 2.45) is 0 Å². The third-order valence-corrected chi connectivity index (χ3v) is 3.88. The zero-order valence-electron chi connectivity index (χ0n) is 10.5. The highest BCUT2D eigenvalue weighted by atomic mass is 79.9. The van der Waals surface area contributed by atoms with Crippen LogP contribution in [0.4, 0.5) is 17.5 Å². The Bertz CT molecular complexity index is 567. The van der Waals surface area contributed by atoms with Crippen LogP contribution in [-0.2, 0) is 0 Å². The van der Waals surface area contributed by atoms with Crippen molar-refractivity contribution in [3.63, 3.8) is 0 Å². The monoisotopic (exact) mass is 318 g/mol. The van der Waals surface area contributed by atoms with E-state index < -0.39 is 0 Å². The van der Waals surface area contributed by atoms with E-state index in [1.54, 1.807) is 6.20 Å². The molecule has 0 unspecified atom stereocenters.